The summed E-state index contributed by atoms with van der Waals surface area (Å²) in [4.78, 5) is 25.4. The van der Waals surface area contributed by atoms with E-state index in [1.54, 1.807) is 6.20 Å². The summed E-state index contributed by atoms with van der Waals surface area (Å²) >= 11 is 0. The quantitative estimate of drug-likeness (QED) is 0.937. The number of piperidine rings is 1. The summed E-state index contributed by atoms with van der Waals surface area (Å²) < 4.78 is 0. The van der Waals surface area contributed by atoms with Crippen molar-refractivity contribution >= 4 is 11.6 Å². The Labute approximate surface area is 135 Å². The number of carbonyl (C=O) groups excluding carboxylic acids is 1. The maximum Gasteiger partial charge on any atom is 0.273 e. The van der Waals surface area contributed by atoms with Crippen molar-refractivity contribution < 1.29 is 4.79 Å². The number of H-pyrrole nitrogens is 1. The van der Waals surface area contributed by atoms with Crippen LogP contribution in [0.25, 0.3) is 0 Å². The maximum atomic E-state index is 12.9. The van der Waals surface area contributed by atoms with Crippen molar-refractivity contribution in [1.82, 2.24) is 25.1 Å². The molecule has 0 spiro atoms. The molecule has 1 fully saturated rings. The van der Waals surface area contributed by atoms with E-state index in [2.05, 4.69) is 20.2 Å². The van der Waals surface area contributed by atoms with E-state index >= 15 is 0 Å². The number of nitrogens with zero attached hydrogens (tertiary/aromatic N) is 5. The SMILES string of the molecule is Cc1nc([C@H]2CCCCN2C(=O)c2cc(N(C)C)ccn2)n[nH]1. The second-order valence-corrected chi connectivity index (χ2v) is 6.08. The zero-order valence-electron chi connectivity index (χ0n) is 13.8. The number of aromatic nitrogens is 4. The highest BCUT2D eigenvalue weighted by molar-refractivity contribution is 5.93. The molecule has 1 atom stereocenters. The zero-order valence-corrected chi connectivity index (χ0v) is 13.8. The van der Waals surface area contributed by atoms with E-state index in [-0.39, 0.29) is 11.9 Å². The fraction of sp³-hybridized carbons (Fsp3) is 0.500. The Morgan fingerprint density at radius 2 is 2.22 bits per heavy atom. The van der Waals surface area contributed by atoms with Crippen molar-refractivity contribution in [2.75, 3.05) is 25.5 Å². The summed E-state index contributed by atoms with van der Waals surface area (Å²) in [6.45, 7) is 2.58. The molecule has 0 radical (unpaired) electrons. The van der Waals surface area contributed by atoms with Crippen molar-refractivity contribution in [3.05, 3.63) is 35.7 Å². The van der Waals surface area contributed by atoms with Crippen LogP contribution in [-0.2, 0) is 0 Å². The van der Waals surface area contributed by atoms with Gasteiger partial charge in [0.2, 0.25) is 0 Å². The molecule has 2 aromatic rings. The molecule has 0 unspecified atom stereocenters. The molecule has 1 saturated heterocycles. The molecule has 2 aromatic heterocycles. The fourth-order valence-electron chi connectivity index (χ4n) is 2.91. The van der Waals surface area contributed by atoms with Crippen molar-refractivity contribution in [1.29, 1.82) is 0 Å². The summed E-state index contributed by atoms with van der Waals surface area (Å²) in [7, 11) is 3.90. The Bertz CT molecular complexity index is 695. The first-order valence-electron chi connectivity index (χ1n) is 7.89. The number of hydrogen-bond donors (Lipinski definition) is 1. The molecule has 3 heterocycles. The van der Waals surface area contributed by atoms with E-state index in [4.69, 9.17) is 0 Å². The van der Waals surface area contributed by atoms with Gasteiger partial charge in [-0.2, -0.15) is 5.10 Å². The molecule has 3 rings (SSSR count). The second kappa shape index (κ2) is 6.36. The third-order valence-corrected chi connectivity index (χ3v) is 4.16. The molecule has 0 aromatic carbocycles. The molecule has 0 bridgehead atoms. The number of hydrogen-bond acceptors (Lipinski definition) is 5. The minimum atomic E-state index is -0.0778. The normalized spacial score (nSPS) is 18.0. The Hall–Kier alpha value is -2.44. The van der Waals surface area contributed by atoms with E-state index in [1.165, 1.54) is 0 Å². The van der Waals surface area contributed by atoms with Gasteiger partial charge in [0.25, 0.3) is 5.91 Å². The van der Waals surface area contributed by atoms with Crippen LogP contribution in [0.4, 0.5) is 5.69 Å². The standard InChI is InChI=1S/C16H22N6O/c1-11-18-15(20-19-11)14-6-4-5-9-22(14)16(23)13-10-12(21(2)3)7-8-17-13/h7-8,10,14H,4-6,9H2,1-3H3,(H,18,19,20)/t14-/m1/s1. The van der Waals surface area contributed by atoms with E-state index in [0.29, 0.717) is 18.1 Å². The smallest absolute Gasteiger partial charge is 0.273 e. The Kier molecular flexibility index (Phi) is 4.27. The molecule has 1 N–H and O–H groups in total. The van der Waals surface area contributed by atoms with Crippen molar-refractivity contribution in [2.45, 2.75) is 32.2 Å². The summed E-state index contributed by atoms with van der Waals surface area (Å²) in [6.07, 6.45) is 4.64. The number of carbonyl (C=O) groups is 1. The number of rotatable bonds is 3. The first-order valence-corrected chi connectivity index (χ1v) is 7.89. The lowest BCUT2D eigenvalue weighted by Crippen LogP contribution is -2.39. The minimum Gasteiger partial charge on any atom is -0.378 e. The monoisotopic (exact) mass is 314 g/mol. The van der Waals surface area contributed by atoms with Crippen LogP contribution < -0.4 is 4.90 Å². The van der Waals surface area contributed by atoms with Gasteiger partial charge in [-0.15, -0.1) is 0 Å². The first kappa shape index (κ1) is 15.5. The summed E-state index contributed by atoms with van der Waals surface area (Å²) in [6, 6.07) is 3.64. The molecule has 7 nitrogen and oxygen atoms in total. The van der Waals surface area contributed by atoms with Crippen LogP contribution in [-0.4, -0.2) is 51.6 Å². The number of aromatic amines is 1. The highest BCUT2D eigenvalue weighted by Gasteiger charge is 2.31. The molecule has 7 heteroatoms. The number of anilines is 1. The minimum absolute atomic E-state index is 0.0548. The lowest BCUT2D eigenvalue weighted by molar-refractivity contribution is 0.0594. The highest BCUT2D eigenvalue weighted by Crippen LogP contribution is 2.30. The van der Waals surface area contributed by atoms with E-state index in [1.807, 2.05) is 43.0 Å². The molecule has 0 aliphatic carbocycles. The van der Waals surface area contributed by atoms with Gasteiger partial charge in [0.15, 0.2) is 5.82 Å². The Balaban J connectivity index is 1.88. The number of likely N-dealkylation sites (tertiary alicyclic amines) is 1. The van der Waals surface area contributed by atoms with Gasteiger partial charge in [0, 0.05) is 32.5 Å². The molecule has 1 aliphatic rings. The Morgan fingerprint density at radius 1 is 1.39 bits per heavy atom. The van der Waals surface area contributed by atoms with Gasteiger partial charge < -0.3 is 9.80 Å². The molecule has 23 heavy (non-hydrogen) atoms. The molecular weight excluding hydrogens is 292 g/mol. The molecule has 122 valence electrons. The number of amides is 1. The van der Waals surface area contributed by atoms with Crippen LogP contribution in [0.3, 0.4) is 0 Å². The average Bonchev–Trinajstić information content (AvgIpc) is 3.00. The number of nitrogens with one attached hydrogen (secondary N) is 1. The zero-order chi connectivity index (χ0) is 16.4. The van der Waals surface area contributed by atoms with Crippen LogP contribution in [0.15, 0.2) is 18.3 Å². The van der Waals surface area contributed by atoms with Gasteiger partial charge in [-0.1, -0.05) is 0 Å². The third-order valence-electron chi connectivity index (χ3n) is 4.16. The molecule has 0 saturated carbocycles. The van der Waals surface area contributed by atoms with Crippen LogP contribution >= 0.6 is 0 Å². The lowest BCUT2D eigenvalue weighted by atomic mass is 10.0. The van der Waals surface area contributed by atoms with Crippen molar-refractivity contribution in [2.24, 2.45) is 0 Å². The predicted octanol–water partition coefficient (Wildman–Crippen LogP) is 1.94. The summed E-state index contributed by atoms with van der Waals surface area (Å²) in [5.74, 6) is 1.41. The van der Waals surface area contributed by atoms with E-state index in [9.17, 15) is 4.79 Å². The number of pyridine rings is 1. The number of aryl methyl sites for hydroxylation is 1. The van der Waals surface area contributed by atoms with Gasteiger partial charge in [0.05, 0.1) is 6.04 Å². The van der Waals surface area contributed by atoms with Crippen molar-refractivity contribution in [3.8, 4) is 0 Å². The van der Waals surface area contributed by atoms with Gasteiger partial charge >= 0.3 is 0 Å². The van der Waals surface area contributed by atoms with E-state index in [0.717, 1.165) is 30.8 Å². The maximum absolute atomic E-state index is 12.9. The van der Waals surface area contributed by atoms with E-state index < -0.39 is 0 Å². The van der Waals surface area contributed by atoms with Gasteiger partial charge in [-0.05, 0) is 38.3 Å². The predicted molar refractivity (Wildman–Crippen MR) is 87.3 cm³/mol. The molecular formula is C16H22N6O. The summed E-state index contributed by atoms with van der Waals surface area (Å²) in [5, 5.41) is 7.12. The Morgan fingerprint density at radius 3 is 2.91 bits per heavy atom. The molecule has 1 aliphatic heterocycles. The topological polar surface area (TPSA) is 78.0 Å². The van der Waals surface area contributed by atoms with Crippen LogP contribution in [0.2, 0.25) is 0 Å². The van der Waals surface area contributed by atoms with Crippen LogP contribution in [0.1, 0.15) is 47.4 Å². The van der Waals surface area contributed by atoms with Gasteiger partial charge in [0.1, 0.15) is 11.5 Å². The average molecular weight is 314 g/mol. The largest absolute Gasteiger partial charge is 0.378 e. The van der Waals surface area contributed by atoms with Gasteiger partial charge in [-0.25, -0.2) is 4.98 Å². The summed E-state index contributed by atoms with van der Waals surface area (Å²) in [5.41, 5.74) is 1.43. The van der Waals surface area contributed by atoms with Crippen LogP contribution in [0, 0.1) is 6.92 Å². The fourth-order valence-corrected chi connectivity index (χ4v) is 2.91. The van der Waals surface area contributed by atoms with Crippen LogP contribution in [0.5, 0.6) is 0 Å². The van der Waals surface area contributed by atoms with Gasteiger partial charge in [-0.3, -0.25) is 14.9 Å². The first-order chi connectivity index (χ1) is 11.1. The molecule has 1 amide bonds. The highest BCUT2D eigenvalue weighted by atomic mass is 16.2. The van der Waals surface area contributed by atoms with Crippen molar-refractivity contribution in [3.63, 3.8) is 0 Å². The third kappa shape index (κ3) is 3.18. The second-order valence-electron chi connectivity index (χ2n) is 6.08. The lowest BCUT2D eigenvalue weighted by Gasteiger charge is -2.33.